The van der Waals surface area contributed by atoms with Crippen LogP contribution in [0.15, 0.2) is 22.0 Å². The van der Waals surface area contributed by atoms with Gasteiger partial charge in [-0.05, 0) is 38.0 Å². The number of hydrogen-bond donors (Lipinski definition) is 1. The van der Waals surface area contributed by atoms with Gasteiger partial charge >= 0.3 is 0 Å². The third-order valence-corrected chi connectivity index (χ3v) is 7.41. The highest BCUT2D eigenvalue weighted by Gasteiger charge is 2.49. The third-order valence-electron chi connectivity index (χ3n) is 5.52. The van der Waals surface area contributed by atoms with Crippen molar-refractivity contribution in [3.63, 3.8) is 0 Å². The first-order valence-electron chi connectivity index (χ1n) is 9.20. The summed E-state index contributed by atoms with van der Waals surface area (Å²) in [5, 5.41) is 2.77. The molecule has 3 heterocycles. The predicted molar refractivity (Wildman–Crippen MR) is 100 cm³/mol. The summed E-state index contributed by atoms with van der Waals surface area (Å²) in [5.41, 5.74) is 1.22. The van der Waals surface area contributed by atoms with Gasteiger partial charge in [-0.2, -0.15) is 0 Å². The zero-order chi connectivity index (χ0) is 20.3. The highest BCUT2D eigenvalue weighted by molar-refractivity contribution is 7.91. The fourth-order valence-corrected chi connectivity index (χ4v) is 6.09. The number of nitrogens with one attached hydrogen (secondary N) is 1. The summed E-state index contributed by atoms with van der Waals surface area (Å²) in [6, 6.07) is 1.55. The average Bonchev–Trinajstić information content (AvgIpc) is 3.27. The normalized spacial score (nSPS) is 19.7. The molecule has 2 aliphatic rings. The van der Waals surface area contributed by atoms with Gasteiger partial charge in [-0.15, -0.1) is 0 Å². The minimum absolute atomic E-state index is 0.0188. The Kier molecular flexibility index (Phi) is 4.36. The van der Waals surface area contributed by atoms with Crippen LogP contribution in [-0.4, -0.2) is 42.9 Å². The van der Waals surface area contributed by atoms with E-state index in [1.165, 1.54) is 10.9 Å². The summed E-state index contributed by atoms with van der Waals surface area (Å²) in [5.74, 6) is -1.69. The lowest BCUT2D eigenvalue weighted by Gasteiger charge is -2.36. The molecule has 0 aliphatic carbocycles. The predicted octanol–water partition coefficient (Wildman–Crippen LogP) is 1.42. The Balaban J connectivity index is 1.97. The van der Waals surface area contributed by atoms with Gasteiger partial charge in [0.05, 0.1) is 23.9 Å². The van der Waals surface area contributed by atoms with Crippen molar-refractivity contribution in [1.82, 2.24) is 9.78 Å². The van der Waals surface area contributed by atoms with Crippen LogP contribution >= 0.6 is 0 Å². The lowest BCUT2D eigenvalue weighted by Crippen LogP contribution is -2.38. The Bertz CT molecular complexity index is 1140. The van der Waals surface area contributed by atoms with Crippen LogP contribution in [0.1, 0.15) is 46.0 Å². The Morgan fingerprint density at radius 1 is 1.25 bits per heavy atom. The van der Waals surface area contributed by atoms with Crippen molar-refractivity contribution in [3.05, 3.63) is 50.4 Å². The number of carbonyl (C=O) groups excluding carboxylic acids is 1. The van der Waals surface area contributed by atoms with Crippen LogP contribution in [0.25, 0.3) is 0 Å². The maximum absolute atomic E-state index is 13.2. The van der Waals surface area contributed by atoms with Gasteiger partial charge in [0, 0.05) is 30.3 Å². The second kappa shape index (κ2) is 6.40. The van der Waals surface area contributed by atoms with E-state index < -0.39 is 27.0 Å². The summed E-state index contributed by atoms with van der Waals surface area (Å²) in [7, 11) is -3.52. The number of hydrogen-bond acceptors (Lipinski definition) is 6. The lowest BCUT2D eigenvalue weighted by atomic mass is 9.89. The number of nitrogens with zero attached hydrogens (tertiary/aromatic N) is 1. The van der Waals surface area contributed by atoms with E-state index in [1.54, 1.807) is 26.8 Å². The standard InChI is InChI=1S/C19H22N2O6S/c1-4-21-18(23)14(10-20-21)16(22)13-9-11(2)17-15(12(13)3)19(26-6-7-27-19)5-8-28(17,24)25/h9-10,20H,4-8H2,1-3H3. The molecular weight excluding hydrogens is 384 g/mol. The van der Waals surface area contributed by atoms with Gasteiger partial charge in [0.15, 0.2) is 21.4 Å². The first-order valence-corrected chi connectivity index (χ1v) is 10.9. The molecule has 0 bridgehead atoms. The molecule has 2 aromatic rings. The van der Waals surface area contributed by atoms with Crippen LogP contribution in [-0.2, 0) is 31.6 Å². The Morgan fingerprint density at radius 3 is 2.54 bits per heavy atom. The first-order chi connectivity index (χ1) is 13.2. The van der Waals surface area contributed by atoms with Crippen LogP contribution in [0.5, 0.6) is 0 Å². The average molecular weight is 406 g/mol. The molecule has 0 saturated carbocycles. The van der Waals surface area contributed by atoms with Crippen LogP contribution in [0.4, 0.5) is 0 Å². The van der Waals surface area contributed by atoms with E-state index in [4.69, 9.17) is 9.47 Å². The molecule has 0 unspecified atom stereocenters. The van der Waals surface area contributed by atoms with E-state index in [1.807, 2.05) is 0 Å². The number of aromatic amines is 1. The van der Waals surface area contributed by atoms with E-state index in [-0.39, 0.29) is 28.2 Å². The molecule has 1 saturated heterocycles. The molecule has 2 aliphatic heterocycles. The molecule has 0 atom stereocenters. The molecule has 0 amide bonds. The Morgan fingerprint density at radius 2 is 1.93 bits per heavy atom. The number of H-pyrrole nitrogens is 1. The monoisotopic (exact) mass is 406 g/mol. The maximum atomic E-state index is 13.2. The molecular formula is C19H22N2O6S. The van der Waals surface area contributed by atoms with Gasteiger partial charge in [0.25, 0.3) is 5.56 Å². The molecule has 0 radical (unpaired) electrons. The van der Waals surface area contributed by atoms with E-state index in [0.29, 0.717) is 36.4 Å². The van der Waals surface area contributed by atoms with Gasteiger partial charge in [-0.25, -0.2) is 8.42 Å². The summed E-state index contributed by atoms with van der Waals surface area (Å²) < 4.78 is 38.6. The molecule has 28 heavy (non-hydrogen) atoms. The van der Waals surface area contributed by atoms with Crippen molar-refractivity contribution < 1.29 is 22.7 Å². The van der Waals surface area contributed by atoms with Crippen molar-refractivity contribution in [2.45, 2.75) is 44.4 Å². The number of sulfone groups is 1. The van der Waals surface area contributed by atoms with Gasteiger partial charge in [-0.3, -0.25) is 14.3 Å². The highest BCUT2D eigenvalue weighted by Crippen LogP contribution is 2.46. The van der Waals surface area contributed by atoms with Crippen LogP contribution in [0.2, 0.25) is 0 Å². The Labute approximate surface area is 162 Å². The van der Waals surface area contributed by atoms with Crippen molar-refractivity contribution in [3.8, 4) is 0 Å². The molecule has 1 fully saturated rings. The molecule has 4 rings (SSSR count). The molecule has 9 heteroatoms. The van der Waals surface area contributed by atoms with Gasteiger partial charge in [0.1, 0.15) is 5.56 Å². The fourth-order valence-electron chi connectivity index (χ4n) is 4.18. The van der Waals surface area contributed by atoms with Crippen molar-refractivity contribution in [2.75, 3.05) is 19.0 Å². The highest BCUT2D eigenvalue weighted by atomic mass is 32.2. The number of carbonyl (C=O) groups is 1. The molecule has 1 aromatic heterocycles. The molecule has 1 N–H and O–H groups in total. The number of ether oxygens (including phenoxy) is 2. The number of fused-ring (bicyclic) bond motifs is 2. The zero-order valence-corrected chi connectivity index (χ0v) is 16.8. The lowest BCUT2D eigenvalue weighted by molar-refractivity contribution is -0.170. The number of aryl methyl sites for hydroxylation is 2. The van der Waals surface area contributed by atoms with E-state index in [2.05, 4.69) is 5.10 Å². The van der Waals surface area contributed by atoms with Gasteiger partial charge < -0.3 is 14.6 Å². The van der Waals surface area contributed by atoms with Crippen LogP contribution < -0.4 is 5.56 Å². The summed E-state index contributed by atoms with van der Waals surface area (Å²) >= 11 is 0. The minimum Gasteiger partial charge on any atom is -0.343 e. The topological polar surface area (TPSA) is 107 Å². The molecule has 8 nitrogen and oxygen atoms in total. The number of aromatic nitrogens is 2. The fraction of sp³-hybridized carbons (Fsp3) is 0.474. The minimum atomic E-state index is -3.52. The van der Waals surface area contributed by atoms with E-state index in [0.717, 1.165) is 0 Å². The molecule has 1 aromatic carbocycles. The summed E-state index contributed by atoms with van der Waals surface area (Å²) in [6.07, 6.45) is 1.56. The third kappa shape index (κ3) is 2.61. The number of ketones is 1. The number of benzene rings is 1. The van der Waals surface area contributed by atoms with Crippen molar-refractivity contribution in [2.24, 2.45) is 0 Å². The van der Waals surface area contributed by atoms with E-state index in [9.17, 15) is 18.0 Å². The van der Waals surface area contributed by atoms with Crippen molar-refractivity contribution >= 4 is 15.6 Å². The zero-order valence-electron chi connectivity index (χ0n) is 16.0. The number of rotatable bonds is 3. The quantitative estimate of drug-likeness (QED) is 0.773. The van der Waals surface area contributed by atoms with E-state index >= 15 is 0 Å². The Hall–Kier alpha value is -2.23. The smallest absolute Gasteiger partial charge is 0.277 e. The SMILES string of the molecule is CCn1[nH]cc(C(=O)c2cc(C)c3c(c2C)C2(CCS3(=O)=O)OCCO2)c1=O. The van der Waals surface area contributed by atoms with Crippen molar-refractivity contribution in [1.29, 1.82) is 0 Å². The largest absolute Gasteiger partial charge is 0.343 e. The van der Waals surface area contributed by atoms with Gasteiger partial charge in [0.2, 0.25) is 0 Å². The summed E-state index contributed by atoms with van der Waals surface area (Å²) in [6.45, 7) is 6.26. The summed E-state index contributed by atoms with van der Waals surface area (Å²) in [4.78, 5) is 25.7. The first kappa shape index (κ1) is 19.1. The van der Waals surface area contributed by atoms with Crippen LogP contribution in [0, 0.1) is 13.8 Å². The molecule has 1 spiro atoms. The maximum Gasteiger partial charge on any atom is 0.277 e. The molecule has 150 valence electrons. The van der Waals surface area contributed by atoms with Crippen LogP contribution in [0.3, 0.4) is 0 Å². The second-order valence-electron chi connectivity index (χ2n) is 7.15. The second-order valence-corrected chi connectivity index (χ2v) is 9.20. The van der Waals surface area contributed by atoms with Gasteiger partial charge in [-0.1, -0.05) is 0 Å².